The van der Waals surface area contributed by atoms with Crippen LogP contribution in [0.2, 0.25) is 0 Å². The first-order chi connectivity index (χ1) is 5.77. The first-order valence-electron chi connectivity index (χ1n) is 3.47. The van der Waals surface area contributed by atoms with Crippen LogP contribution in [0.1, 0.15) is 0 Å². The Hall–Kier alpha value is -0.960. The molecule has 0 aliphatic heterocycles. The molecular formula is C9H5BrFN. The number of rotatable bonds is 0. The number of para-hydroxylation sites is 1. The third kappa shape index (κ3) is 1.20. The van der Waals surface area contributed by atoms with Crippen LogP contribution >= 0.6 is 15.9 Å². The summed E-state index contributed by atoms with van der Waals surface area (Å²) >= 11 is 3.27. The molecule has 3 heteroatoms. The van der Waals surface area contributed by atoms with Crippen LogP contribution in [0.25, 0.3) is 10.9 Å². The molecule has 0 aliphatic rings. The van der Waals surface area contributed by atoms with E-state index in [2.05, 4.69) is 20.9 Å². The molecule has 0 saturated carbocycles. The van der Waals surface area contributed by atoms with Gasteiger partial charge >= 0.3 is 0 Å². The van der Waals surface area contributed by atoms with Gasteiger partial charge in [0.15, 0.2) is 0 Å². The number of benzene rings is 1. The van der Waals surface area contributed by atoms with Crippen LogP contribution in [0, 0.1) is 5.82 Å². The molecule has 0 saturated heterocycles. The summed E-state index contributed by atoms with van der Waals surface area (Å²) in [6, 6.07) is 6.75. The van der Waals surface area contributed by atoms with Gasteiger partial charge in [0, 0.05) is 16.1 Å². The highest BCUT2D eigenvalue weighted by Crippen LogP contribution is 2.18. The van der Waals surface area contributed by atoms with Gasteiger partial charge in [-0.15, -0.1) is 0 Å². The number of halogens is 2. The molecule has 0 radical (unpaired) electrons. The van der Waals surface area contributed by atoms with Crippen molar-refractivity contribution >= 4 is 26.8 Å². The highest BCUT2D eigenvalue weighted by molar-refractivity contribution is 9.10. The Kier molecular flexibility index (Phi) is 1.81. The third-order valence-electron chi connectivity index (χ3n) is 1.63. The second kappa shape index (κ2) is 2.83. The van der Waals surface area contributed by atoms with E-state index >= 15 is 0 Å². The van der Waals surface area contributed by atoms with Crippen molar-refractivity contribution in [2.24, 2.45) is 0 Å². The second-order valence-electron chi connectivity index (χ2n) is 2.47. The summed E-state index contributed by atoms with van der Waals surface area (Å²) in [6.45, 7) is 0. The number of nitrogens with zero attached hydrogens (tertiary/aromatic N) is 1. The summed E-state index contributed by atoms with van der Waals surface area (Å²) in [4.78, 5) is 3.96. The maximum Gasteiger partial charge on any atom is 0.149 e. The maximum absolute atomic E-state index is 13.0. The van der Waals surface area contributed by atoms with Crippen molar-refractivity contribution in [3.63, 3.8) is 0 Å². The zero-order valence-electron chi connectivity index (χ0n) is 6.09. The molecule has 0 aliphatic carbocycles. The van der Waals surface area contributed by atoms with Gasteiger partial charge in [0.1, 0.15) is 11.3 Å². The van der Waals surface area contributed by atoms with Crippen LogP contribution in [0.5, 0.6) is 0 Å². The largest absolute Gasteiger partial charge is 0.252 e. The predicted octanol–water partition coefficient (Wildman–Crippen LogP) is 3.14. The predicted molar refractivity (Wildman–Crippen MR) is 49.4 cm³/mol. The van der Waals surface area contributed by atoms with Crippen molar-refractivity contribution in [1.82, 2.24) is 4.98 Å². The van der Waals surface area contributed by atoms with Gasteiger partial charge in [0.2, 0.25) is 0 Å². The Morgan fingerprint density at radius 1 is 1.33 bits per heavy atom. The van der Waals surface area contributed by atoms with Crippen LogP contribution in [0.4, 0.5) is 4.39 Å². The molecule has 2 rings (SSSR count). The topological polar surface area (TPSA) is 12.9 Å². The molecule has 2 aromatic rings. The van der Waals surface area contributed by atoms with Crippen LogP contribution in [-0.4, -0.2) is 4.98 Å². The number of hydrogen-bond acceptors (Lipinski definition) is 1. The standard InChI is InChI=1S/C9H5BrFN/c10-7-4-6-2-1-3-8(11)9(6)12-5-7/h1-5H. The lowest BCUT2D eigenvalue weighted by Crippen LogP contribution is -1.82. The number of pyridine rings is 1. The number of fused-ring (bicyclic) bond motifs is 1. The van der Waals surface area contributed by atoms with Gasteiger partial charge < -0.3 is 0 Å². The lowest BCUT2D eigenvalue weighted by Gasteiger charge is -1.97. The van der Waals surface area contributed by atoms with Crippen molar-refractivity contribution in [3.8, 4) is 0 Å². The van der Waals surface area contributed by atoms with E-state index in [1.165, 1.54) is 6.07 Å². The van der Waals surface area contributed by atoms with Crippen molar-refractivity contribution in [2.75, 3.05) is 0 Å². The van der Waals surface area contributed by atoms with E-state index in [4.69, 9.17) is 0 Å². The molecular weight excluding hydrogens is 221 g/mol. The number of aromatic nitrogens is 1. The van der Waals surface area contributed by atoms with Gasteiger partial charge in [-0.05, 0) is 28.1 Å². The fourth-order valence-electron chi connectivity index (χ4n) is 1.10. The second-order valence-corrected chi connectivity index (χ2v) is 3.38. The minimum absolute atomic E-state index is 0.278. The highest BCUT2D eigenvalue weighted by atomic mass is 79.9. The normalized spacial score (nSPS) is 10.5. The summed E-state index contributed by atoms with van der Waals surface area (Å²) in [6.07, 6.45) is 1.59. The van der Waals surface area contributed by atoms with E-state index in [0.717, 1.165) is 9.86 Å². The molecule has 0 atom stereocenters. The highest BCUT2D eigenvalue weighted by Gasteiger charge is 2.00. The fourth-order valence-corrected chi connectivity index (χ4v) is 1.45. The van der Waals surface area contributed by atoms with E-state index in [1.54, 1.807) is 12.3 Å². The lowest BCUT2D eigenvalue weighted by molar-refractivity contribution is 0.637. The van der Waals surface area contributed by atoms with Gasteiger partial charge in [-0.3, -0.25) is 4.98 Å². The summed E-state index contributed by atoms with van der Waals surface area (Å²) in [5, 5.41) is 0.810. The first kappa shape index (κ1) is 7.68. The Morgan fingerprint density at radius 3 is 3.00 bits per heavy atom. The summed E-state index contributed by atoms with van der Waals surface area (Å²) in [7, 11) is 0. The van der Waals surface area contributed by atoms with E-state index in [-0.39, 0.29) is 5.82 Å². The van der Waals surface area contributed by atoms with E-state index in [0.29, 0.717) is 5.52 Å². The molecule has 0 amide bonds. The molecule has 0 unspecified atom stereocenters. The van der Waals surface area contributed by atoms with Crippen molar-refractivity contribution in [3.05, 3.63) is 40.8 Å². The molecule has 12 heavy (non-hydrogen) atoms. The van der Waals surface area contributed by atoms with Gasteiger partial charge in [0.05, 0.1) is 0 Å². The van der Waals surface area contributed by atoms with Gasteiger partial charge in [0.25, 0.3) is 0 Å². The molecule has 0 fully saturated rings. The van der Waals surface area contributed by atoms with Gasteiger partial charge in [-0.25, -0.2) is 4.39 Å². The third-order valence-corrected chi connectivity index (χ3v) is 2.06. The molecule has 1 nitrogen and oxygen atoms in total. The molecule has 1 heterocycles. The molecule has 0 spiro atoms. The Morgan fingerprint density at radius 2 is 2.17 bits per heavy atom. The summed E-state index contributed by atoms with van der Waals surface area (Å²) in [5.74, 6) is -0.278. The zero-order valence-corrected chi connectivity index (χ0v) is 7.68. The van der Waals surface area contributed by atoms with Crippen LogP contribution in [0.3, 0.4) is 0 Å². The van der Waals surface area contributed by atoms with Crippen LogP contribution in [0.15, 0.2) is 34.9 Å². The summed E-state index contributed by atoms with van der Waals surface area (Å²) in [5.41, 5.74) is 0.417. The number of hydrogen-bond donors (Lipinski definition) is 0. The van der Waals surface area contributed by atoms with Crippen molar-refractivity contribution in [2.45, 2.75) is 0 Å². The molecule has 1 aromatic carbocycles. The van der Waals surface area contributed by atoms with Gasteiger partial charge in [-0.1, -0.05) is 12.1 Å². The smallest absolute Gasteiger partial charge is 0.149 e. The minimum atomic E-state index is -0.278. The van der Waals surface area contributed by atoms with E-state index in [9.17, 15) is 4.39 Å². The Balaban J connectivity index is 2.86. The van der Waals surface area contributed by atoms with Crippen molar-refractivity contribution in [1.29, 1.82) is 0 Å². The molecule has 0 N–H and O–H groups in total. The first-order valence-corrected chi connectivity index (χ1v) is 4.26. The van der Waals surface area contributed by atoms with Crippen molar-refractivity contribution < 1.29 is 4.39 Å². The molecule has 60 valence electrons. The monoisotopic (exact) mass is 225 g/mol. The lowest BCUT2D eigenvalue weighted by atomic mass is 10.2. The van der Waals surface area contributed by atoms with E-state index < -0.39 is 0 Å². The fraction of sp³-hybridized carbons (Fsp3) is 0. The van der Waals surface area contributed by atoms with E-state index in [1.807, 2.05) is 12.1 Å². The van der Waals surface area contributed by atoms with Crippen LogP contribution < -0.4 is 0 Å². The quantitative estimate of drug-likeness (QED) is 0.672. The zero-order chi connectivity index (χ0) is 8.55. The van der Waals surface area contributed by atoms with Crippen LogP contribution in [-0.2, 0) is 0 Å². The summed E-state index contributed by atoms with van der Waals surface area (Å²) < 4.78 is 13.9. The molecule has 0 bridgehead atoms. The minimum Gasteiger partial charge on any atom is -0.252 e. The Bertz CT molecular complexity index is 428. The Labute approximate surface area is 77.4 Å². The SMILES string of the molecule is Fc1cccc2cc(Br)cnc12. The molecule has 1 aromatic heterocycles. The average molecular weight is 226 g/mol. The van der Waals surface area contributed by atoms with Gasteiger partial charge in [-0.2, -0.15) is 0 Å². The average Bonchev–Trinajstić information content (AvgIpc) is 2.04. The maximum atomic E-state index is 13.0.